The van der Waals surface area contributed by atoms with Gasteiger partial charge in [-0.05, 0) is 36.4 Å². The first kappa shape index (κ1) is 24.3. The Morgan fingerprint density at radius 3 is 2.53 bits per heavy atom. The third kappa shape index (κ3) is 6.33. The van der Waals surface area contributed by atoms with E-state index < -0.39 is 22.0 Å². The molecule has 0 unspecified atom stereocenters. The second kappa shape index (κ2) is 11.0. The predicted octanol–water partition coefficient (Wildman–Crippen LogP) is 2.99. The van der Waals surface area contributed by atoms with Gasteiger partial charge in [0, 0.05) is 24.3 Å². The zero-order valence-corrected chi connectivity index (χ0v) is 19.2. The van der Waals surface area contributed by atoms with E-state index in [1.807, 2.05) is 0 Å². The number of hydrogen-bond donors (Lipinski definition) is 2. The van der Waals surface area contributed by atoms with E-state index in [4.69, 9.17) is 32.7 Å². The maximum Gasteiger partial charge on any atom is 0.411 e. The molecule has 1 aliphatic rings. The van der Waals surface area contributed by atoms with Crippen LogP contribution in [0.4, 0.5) is 10.5 Å². The smallest absolute Gasteiger partial charge is 0.411 e. The molecular weight excluding hydrogens is 481 g/mol. The highest BCUT2D eigenvalue weighted by Crippen LogP contribution is 2.25. The SMILES string of the molecule is O=C(Nc1ccc(Cl)c(Cl)c1)OCCNC(=O)c1cccc(S(=O)(=O)N2CCOCC2)c1. The summed E-state index contributed by atoms with van der Waals surface area (Å²) >= 11 is 11.7. The van der Waals surface area contributed by atoms with Crippen LogP contribution in [0.1, 0.15) is 10.4 Å². The van der Waals surface area contributed by atoms with E-state index in [-0.39, 0.29) is 41.7 Å². The van der Waals surface area contributed by atoms with Gasteiger partial charge in [-0.25, -0.2) is 13.2 Å². The molecule has 32 heavy (non-hydrogen) atoms. The zero-order valence-electron chi connectivity index (χ0n) is 16.8. The molecule has 0 radical (unpaired) electrons. The summed E-state index contributed by atoms with van der Waals surface area (Å²) in [7, 11) is -3.71. The summed E-state index contributed by atoms with van der Waals surface area (Å²) in [6, 6.07) is 10.3. The minimum absolute atomic E-state index is 0.0318. The van der Waals surface area contributed by atoms with Gasteiger partial charge in [0.2, 0.25) is 10.0 Å². The number of carbonyl (C=O) groups is 2. The molecule has 9 nitrogen and oxygen atoms in total. The van der Waals surface area contributed by atoms with Gasteiger partial charge in [-0.2, -0.15) is 4.31 Å². The first-order chi connectivity index (χ1) is 15.3. The van der Waals surface area contributed by atoms with Crippen LogP contribution >= 0.6 is 23.2 Å². The van der Waals surface area contributed by atoms with Crippen LogP contribution in [0, 0.1) is 0 Å². The molecule has 0 aromatic heterocycles. The van der Waals surface area contributed by atoms with Crippen LogP contribution in [-0.4, -0.2) is 64.2 Å². The molecule has 2 aromatic carbocycles. The lowest BCUT2D eigenvalue weighted by atomic mass is 10.2. The molecule has 2 amide bonds. The number of morpholine rings is 1. The van der Waals surface area contributed by atoms with Gasteiger partial charge in [-0.15, -0.1) is 0 Å². The molecule has 0 saturated carbocycles. The summed E-state index contributed by atoms with van der Waals surface area (Å²) in [5.41, 5.74) is 0.589. The number of anilines is 1. The van der Waals surface area contributed by atoms with Gasteiger partial charge in [0.1, 0.15) is 6.61 Å². The van der Waals surface area contributed by atoms with E-state index in [0.29, 0.717) is 23.9 Å². The van der Waals surface area contributed by atoms with Crippen molar-refractivity contribution in [2.75, 3.05) is 44.8 Å². The van der Waals surface area contributed by atoms with Crippen molar-refractivity contribution >= 4 is 50.9 Å². The molecule has 1 fully saturated rings. The fraction of sp³-hybridized carbons (Fsp3) is 0.300. The monoisotopic (exact) mass is 501 g/mol. The van der Waals surface area contributed by atoms with Crippen LogP contribution < -0.4 is 10.6 Å². The molecule has 0 aliphatic carbocycles. The average Bonchev–Trinajstić information content (AvgIpc) is 2.79. The highest BCUT2D eigenvalue weighted by atomic mass is 35.5. The van der Waals surface area contributed by atoms with Crippen molar-refractivity contribution in [2.45, 2.75) is 4.90 Å². The van der Waals surface area contributed by atoms with Gasteiger partial charge in [0.15, 0.2) is 0 Å². The van der Waals surface area contributed by atoms with Crippen LogP contribution in [0.2, 0.25) is 10.0 Å². The molecule has 0 atom stereocenters. The summed E-state index contributed by atoms with van der Waals surface area (Å²) in [4.78, 5) is 24.2. The van der Waals surface area contributed by atoms with Crippen LogP contribution in [0.3, 0.4) is 0 Å². The molecule has 1 aliphatic heterocycles. The number of carbonyl (C=O) groups excluding carboxylic acids is 2. The number of sulfonamides is 1. The Hall–Kier alpha value is -2.37. The molecule has 2 N–H and O–H groups in total. The first-order valence-electron chi connectivity index (χ1n) is 9.62. The van der Waals surface area contributed by atoms with Crippen molar-refractivity contribution in [2.24, 2.45) is 0 Å². The van der Waals surface area contributed by atoms with Gasteiger partial charge >= 0.3 is 6.09 Å². The lowest BCUT2D eigenvalue weighted by molar-refractivity contribution is 0.0730. The van der Waals surface area contributed by atoms with Gasteiger partial charge in [0.25, 0.3) is 5.91 Å². The molecule has 1 saturated heterocycles. The molecule has 3 rings (SSSR count). The van der Waals surface area contributed by atoms with Crippen LogP contribution in [0.15, 0.2) is 47.4 Å². The Morgan fingerprint density at radius 1 is 1.06 bits per heavy atom. The Morgan fingerprint density at radius 2 is 1.81 bits per heavy atom. The van der Waals surface area contributed by atoms with E-state index in [9.17, 15) is 18.0 Å². The summed E-state index contributed by atoms with van der Waals surface area (Å²) in [5, 5.41) is 5.71. The summed E-state index contributed by atoms with van der Waals surface area (Å²) in [6.07, 6.45) is -0.726. The lowest BCUT2D eigenvalue weighted by Crippen LogP contribution is -2.40. The second-order valence-electron chi connectivity index (χ2n) is 6.69. The minimum atomic E-state index is -3.71. The molecule has 1 heterocycles. The maximum absolute atomic E-state index is 12.7. The van der Waals surface area contributed by atoms with E-state index in [1.54, 1.807) is 6.07 Å². The van der Waals surface area contributed by atoms with Gasteiger partial charge in [0.05, 0.1) is 34.7 Å². The minimum Gasteiger partial charge on any atom is -0.447 e. The van der Waals surface area contributed by atoms with Crippen molar-refractivity contribution < 1.29 is 27.5 Å². The molecule has 12 heteroatoms. The average molecular weight is 502 g/mol. The van der Waals surface area contributed by atoms with E-state index in [1.165, 1.54) is 40.7 Å². The number of hydrogen-bond acceptors (Lipinski definition) is 6. The van der Waals surface area contributed by atoms with Crippen molar-refractivity contribution in [3.63, 3.8) is 0 Å². The Bertz CT molecular complexity index is 1090. The van der Waals surface area contributed by atoms with Crippen molar-refractivity contribution in [3.05, 3.63) is 58.1 Å². The normalized spacial score (nSPS) is 14.6. The largest absolute Gasteiger partial charge is 0.447 e. The number of ether oxygens (including phenoxy) is 2. The standard InChI is InChI=1S/C20H21Cl2N3O6S/c21-17-5-4-15(13-18(17)22)24-20(27)31-9-6-23-19(26)14-2-1-3-16(12-14)32(28,29)25-7-10-30-11-8-25/h1-5,12-13H,6-11H2,(H,23,26)(H,24,27). The number of nitrogens with zero attached hydrogens (tertiary/aromatic N) is 1. The van der Waals surface area contributed by atoms with Gasteiger partial charge < -0.3 is 14.8 Å². The van der Waals surface area contributed by atoms with Crippen LogP contribution in [-0.2, 0) is 19.5 Å². The van der Waals surface area contributed by atoms with Crippen LogP contribution in [0.5, 0.6) is 0 Å². The summed E-state index contributed by atoms with van der Waals surface area (Å²) < 4.78 is 37.0. The predicted molar refractivity (Wildman–Crippen MR) is 120 cm³/mol. The fourth-order valence-corrected chi connectivity index (χ4v) is 4.62. The van der Waals surface area contributed by atoms with Gasteiger partial charge in [-0.3, -0.25) is 10.1 Å². The number of rotatable bonds is 7. The molecular formula is C20H21Cl2N3O6S. The summed E-state index contributed by atoms with van der Waals surface area (Å²) in [5.74, 6) is -0.488. The third-order valence-corrected chi connectivity index (χ3v) is 7.12. The van der Waals surface area contributed by atoms with Gasteiger partial charge in [-0.1, -0.05) is 29.3 Å². The van der Waals surface area contributed by atoms with Crippen molar-refractivity contribution in [3.8, 4) is 0 Å². The third-order valence-electron chi connectivity index (χ3n) is 4.49. The highest BCUT2D eigenvalue weighted by Gasteiger charge is 2.26. The van der Waals surface area contributed by atoms with E-state index in [0.717, 1.165) is 0 Å². The van der Waals surface area contributed by atoms with Crippen molar-refractivity contribution in [1.82, 2.24) is 9.62 Å². The highest BCUT2D eigenvalue weighted by molar-refractivity contribution is 7.89. The van der Waals surface area contributed by atoms with Crippen LogP contribution in [0.25, 0.3) is 0 Å². The maximum atomic E-state index is 12.7. The topological polar surface area (TPSA) is 114 Å². The molecule has 2 aromatic rings. The second-order valence-corrected chi connectivity index (χ2v) is 9.44. The fourth-order valence-electron chi connectivity index (χ4n) is 2.87. The quantitative estimate of drug-likeness (QED) is 0.563. The number of nitrogens with one attached hydrogen (secondary N) is 2. The number of benzene rings is 2. The molecule has 172 valence electrons. The lowest BCUT2D eigenvalue weighted by Gasteiger charge is -2.26. The van der Waals surface area contributed by atoms with E-state index in [2.05, 4.69) is 10.6 Å². The number of amides is 2. The van der Waals surface area contributed by atoms with Crippen molar-refractivity contribution in [1.29, 1.82) is 0 Å². The zero-order chi connectivity index (χ0) is 23.1. The Balaban J connectivity index is 1.49. The molecule has 0 bridgehead atoms. The Labute approximate surface area is 195 Å². The Kier molecular flexibility index (Phi) is 8.32. The number of halogens is 2. The summed E-state index contributed by atoms with van der Waals surface area (Å²) in [6.45, 7) is 1.13. The first-order valence-corrected chi connectivity index (χ1v) is 11.8. The van der Waals surface area contributed by atoms with E-state index >= 15 is 0 Å². The molecule has 0 spiro atoms.